The van der Waals surface area contributed by atoms with Crippen molar-refractivity contribution in [1.29, 1.82) is 0 Å². The Bertz CT molecular complexity index is 1120. The van der Waals surface area contributed by atoms with Gasteiger partial charge in [-0.3, -0.25) is 0 Å². The van der Waals surface area contributed by atoms with E-state index in [4.69, 9.17) is 4.74 Å². The highest BCUT2D eigenvalue weighted by molar-refractivity contribution is 5.69. The molecule has 1 aliphatic heterocycles. The lowest BCUT2D eigenvalue weighted by Gasteiger charge is -2.52. The van der Waals surface area contributed by atoms with Crippen molar-refractivity contribution >= 4 is 6.09 Å². The van der Waals surface area contributed by atoms with Crippen LogP contribution in [0.15, 0.2) is 91.0 Å². The van der Waals surface area contributed by atoms with Gasteiger partial charge in [0.25, 0.3) is 0 Å². The highest BCUT2D eigenvalue weighted by atomic mass is 16.6. The number of hydrogen-bond donors (Lipinski definition) is 1. The van der Waals surface area contributed by atoms with E-state index in [0.29, 0.717) is 19.5 Å². The number of nitrogens with zero attached hydrogens (tertiary/aromatic N) is 1. The van der Waals surface area contributed by atoms with Gasteiger partial charge in [0.1, 0.15) is 5.60 Å². The molecule has 2 fully saturated rings. The molecule has 4 heteroatoms. The third-order valence-corrected chi connectivity index (χ3v) is 7.97. The molecule has 1 N–H and O–H groups in total. The number of hydrogen-bond acceptors (Lipinski definition) is 3. The van der Waals surface area contributed by atoms with E-state index >= 15 is 0 Å². The number of rotatable bonds is 3. The average molecular weight is 470 g/mol. The van der Waals surface area contributed by atoms with Crippen molar-refractivity contribution in [2.45, 2.75) is 50.2 Å². The van der Waals surface area contributed by atoms with Crippen molar-refractivity contribution in [3.05, 3.63) is 108 Å². The minimum absolute atomic E-state index is 0.0266. The topological polar surface area (TPSA) is 49.8 Å². The molecule has 1 aliphatic carbocycles. The fraction of sp³-hybridized carbons (Fsp3) is 0.387. The molecule has 1 saturated heterocycles. The highest BCUT2D eigenvalue weighted by Gasteiger charge is 2.61. The molecule has 4 nitrogen and oxygen atoms in total. The Labute approximate surface area is 208 Å². The van der Waals surface area contributed by atoms with Gasteiger partial charge in [-0.2, -0.15) is 0 Å². The Morgan fingerprint density at radius 3 is 1.71 bits per heavy atom. The standard InChI is InChI=1S/C31H35NO3/c1-29(2,3)35-28(33)32-21-26-27(22-32)31(34,25-17-11-6-12-18-25)20-19-30(26,23-13-7-4-8-14-23)24-15-9-5-10-16-24/h4-18,26-27,34H,19-22H2,1-3H3/t26-,27?,31?/m0/s1. The minimum atomic E-state index is -1.02. The van der Waals surface area contributed by atoms with Gasteiger partial charge in [-0.05, 0) is 56.2 Å². The Morgan fingerprint density at radius 1 is 0.771 bits per heavy atom. The van der Waals surface area contributed by atoms with Crippen LogP contribution in [0, 0.1) is 11.8 Å². The van der Waals surface area contributed by atoms with Gasteiger partial charge in [-0.15, -0.1) is 0 Å². The van der Waals surface area contributed by atoms with E-state index in [1.54, 1.807) is 0 Å². The number of aliphatic hydroxyl groups is 1. The molecule has 0 bridgehead atoms. The number of benzene rings is 3. The summed E-state index contributed by atoms with van der Waals surface area (Å²) in [6.45, 7) is 6.69. The van der Waals surface area contributed by atoms with E-state index in [2.05, 4.69) is 48.5 Å². The summed E-state index contributed by atoms with van der Waals surface area (Å²) in [7, 11) is 0. The molecule has 1 amide bonds. The SMILES string of the molecule is CC(C)(C)OC(=O)N1CC2[C@H](C1)C(c1ccccc1)(c1ccccc1)CCC2(O)c1ccccc1. The monoisotopic (exact) mass is 469 g/mol. The molecule has 3 aromatic rings. The molecule has 2 aliphatic rings. The van der Waals surface area contributed by atoms with Crippen molar-refractivity contribution < 1.29 is 14.6 Å². The summed E-state index contributed by atoms with van der Waals surface area (Å²) in [5.41, 5.74) is 1.50. The second-order valence-corrected chi connectivity index (χ2v) is 11.1. The van der Waals surface area contributed by atoms with Crippen LogP contribution in [0.2, 0.25) is 0 Å². The highest BCUT2D eigenvalue weighted by Crippen LogP contribution is 2.59. The lowest BCUT2D eigenvalue weighted by molar-refractivity contribution is -0.0841. The van der Waals surface area contributed by atoms with Crippen LogP contribution in [0.4, 0.5) is 4.79 Å². The van der Waals surface area contributed by atoms with E-state index in [0.717, 1.165) is 12.0 Å². The Kier molecular flexibility index (Phi) is 5.96. The number of ether oxygens (including phenoxy) is 1. The number of fused-ring (bicyclic) bond motifs is 1. The molecular formula is C31H35NO3. The van der Waals surface area contributed by atoms with Crippen molar-refractivity contribution in [1.82, 2.24) is 4.90 Å². The smallest absolute Gasteiger partial charge is 0.410 e. The first-order chi connectivity index (χ1) is 16.7. The van der Waals surface area contributed by atoms with E-state index in [1.165, 1.54) is 11.1 Å². The molecule has 3 aromatic carbocycles. The maximum atomic E-state index is 13.3. The molecule has 2 unspecified atom stereocenters. The number of carbonyl (C=O) groups excluding carboxylic acids is 1. The molecule has 182 valence electrons. The molecule has 1 heterocycles. The molecule has 5 rings (SSSR count). The summed E-state index contributed by atoms with van der Waals surface area (Å²) in [6.07, 6.45) is 1.09. The lowest BCUT2D eigenvalue weighted by atomic mass is 9.52. The summed E-state index contributed by atoms with van der Waals surface area (Å²) < 4.78 is 5.79. The normalized spacial score (nSPS) is 25.7. The number of carbonyl (C=O) groups is 1. The molecule has 3 atom stereocenters. The van der Waals surface area contributed by atoms with E-state index in [1.807, 2.05) is 68.1 Å². The molecule has 0 spiro atoms. The van der Waals surface area contributed by atoms with Crippen molar-refractivity contribution in [2.24, 2.45) is 11.8 Å². The zero-order valence-electron chi connectivity index (χ0n) is 20.9. The van der Waals surface area contributed by atoms with Crippen molar-refractivity contribution in [3.63, 3.8) is 0 Å². The first kappa shape index (κ1) is 23.6. The van der Waals surface area contributed by atoms with E-state index < -0.39 is 11.2 Å². The van der Waals surface area contributed by atoms with Crippen LogP contribution in [-0.2, 0) is 15.8 Å². The van der Waals surface area contributed by atoms with Crippen molar-refractivity contribution in [3.8, 4) is 0 Å². The summed E-state index contributed by atoms with van der Waals surface area (Å²) in [5.74, 6) is -0.106. The summed E-state index contributed by atoms with van der Waals surface area (Å²) in [5, 5.41) is 12.3. The van der Waals surface area contributed by atoms with Crippen LogP contribution < -0.4 is 0 Å². The molecule has 0 radical (unpaired) electrons. The Balaban J connectivity index is 1.65. The van der Waals surface area contributed by atoms with Gasteiger partial charge >= 0.3 is 6.09 Å². The van der Waals surface area contributed by atoms with Gasteiger partial charge in [0.15, 0.2) is 0 Å². The van der Waals surface area contributed by atoms with Gasteiger partial charge in [0.2, 0.25) is 0 Å². The third-order valence-electron chi connectivity index (χ3n) is 7.97. The fourth-order valence-electron chi connectivity index (χ4n) is 6.46. The van der Waals surface area contributed by atoms with Gasteiger partial charge in [-0.25, -0.2) is 4.79 Å². The largest absolute Gasteiger partial charge is 0.444 e. The van der Waals surface area contributed by atoms with Crippen LogP contribution in [0.5, 0.6) is 0 Å². The fourth-order valence-corrected chi connectivity index (χ4v) is 6.46. The van der Waals surface area contributed by atoms with Gasteiger partial charge in [-0.1, -0.05) is 91.0 Å². The van der Waals surface area contributed by atoms with Crippen LogP contribution in [0.25, 0.3) is 0 Å². The second kappa shape index (κ2) is 8.83. The van der Waals surface area contributed by atoms with Crippen molar-refractivity contribution in [2.75, 3.05) is 13.1 Å². The average Bonchev–Trinajstić information content (AvgIpc) is 3.33. The zero-order valence-corrected chi connectivity index (χ0v) is 20.9. The van der Waals surface area contributed by atoms with Crippen LogP contribution in [-0.4, -0.2) is 34.8 Å². The molecule has 1 saturated carbocycles. The van der Waals surface area contributed by atoms with Crippen LogP contribution in [0.1, 0.15) is 50.3 Å². The van der Waals surface area contributed by atoms with Gasteiger partial charge < -0.3 is 14.7 Å². The quantitative estimate of drug-likeness (QED) is 0.501. The molecule has 0 aromatic heterocycles. The van der Waals surface area contributed by atoms with Crippen LogP contribution >= 0.6 is 0 Å². The summed E-state index contributed by atoms with van der Waals surface area (Å²) in [4.78, 5) is 15.1. The van der Waals surface area contributed by atoms with Gasteiger partial charge in [0.05, 0.1) is 5.60 Å². The molecular weight excluding hydrogens is 434 g/mol. The Morgan fingerprint density at radius 2 is 1.23 bits per heavy atom. The third kappa shape index (κ3) is 4.14. The lowest BCUT2D eigenvalue weighted by Crippen LogP contribution is -2.53. The van der Waals surface area contributed by atoms with Crippen LogP contribution in [0.3, 0.4) is 0 Å². The van der Waals surface area contributed by atoms with E-state index in [9.17, 15) is 9.90 Å². The second-order valence-electron chi connectivity index (χ2n) is 11.1. The zero-order chi connectivity index (χ0) is 24.7. The number of likely N-dealkylation sites (tertiary alicyclic amines) is 1. The maximum absolute atomic E-state index is 13.3. The summed E-state index contributed by atoms with van der Waals surface area (Å²) in [6, 6.07) is 31.2. The van der Waals surface area contributed by atoms with E-state index in [-0.39, 0.29) is 23.3 Å². The first-order valence-corrected chi connectivity index (χ1v) is 12.6. The molecule has 35 heavy (non-hydrogen) atoms. The predicted octanol–water partition coefficient (Wildman–Crippen LogP) is 6.14. The Hall–Kier alpha value is -3.11. The van der Waals surface area contributed by atoms with Gasteiger partial charge in [0, 0.05) is 24.4 Å². The number of amides is 1. The summed E-state index contributed by atoms with van der Waals surface area (Å²) >= 11 is 0. The first-order valence-electron chi connectivity index (χ1n) is 12.6. The minimum Gasteiger partial charge on any atom is -0.444 e. The predicted molar refractivity (Wildman–Crippen MR) is 138 cm³/mol. The maximum Gasteiger partial charge on any atom is 0.410 e.